The summed E-state index contributed by atoms with van der Waals surface area (Å²) < 4.78 is 27.4. The van der Waals surface area contributed by atoms with E-state index in [9.17, 15) is 4.79 Å². The zero-order valence-corrected chi connectivity index (χ0v) is 16.7. The highest BCUT2D eigenvalue weighted by atomic mass is 32.2. The summed E-state index contributed by atoms with van der Waals surface area (Å²) in [5, 5.41) is 10.8. The highest BCUT2D eigenvalue weighted by Crippen LogP contribution is 2.36. The first kappa shape index (κ1) is 18.6. The molecule has 10 heteroatoms. The Hall–Kier alpha value is -3.40. The molecule has 0 radical (unpaired) electrons. The summed E-state index contributed by atoms with van der Waals surface area (Å²) >= 11 is 1.18. The molecule has 0 unspecified atom stereocenters. The quantitative estimate of drug-likeness (QED) is 0.614. The Morgan fingerprint density at radius 3 is 2.60 bits per heavy atom. The van der Waals surface area contributed by atoms with E-state index in [1.54, 1.807) is 37.3 Å². The molecule has 1 N–H and O–H groups in total. The minimum atomic E-state index is -0.455. The minimum Gasteiger partial charge on any atom is -0.486 e. The van der Waals surface area contributed by atoms with Crippen LogP contribution < -0.4 is 24.3 Å². The van der Waals surface area contributed by atoms with E-state index in [0.29, 0.717) is 58.6 Å². The van der Waals surface area contributed by atoms with Crippen molar-refractivity contribution in [3.8, 4) is 34.5 Å². The van der Waals surface area contributed by atoms with Crippen molar-refractivity contribution in [1.82, 2.24) is 10.2 Å². The van der Waals surface area contributed by atoms with E-state index >= 15 is 0 Å². The lowest BCUT2D eigenvalue weighted by Crippen LogP contribution is -2.22. The molecule has 3 heterocycles. The van der Waals surface area contributed by atoms with E-state index in [0.717, 1.165) is 0 Å². The first-order valence-electron chi connectivity index (χ1n) is 9.26. The van der Waals surface area contributed by atoms with Gasteiger partial charge in [0.05, 0.1) is 5.25 Å². The van der Waals surface area contributed by atoms with Crippen molar-refractivity contribution < 1.29 is 28.2 Å². The number of carbonyl (C=O) groups excluding carboxylic acids is 1. The molecule has 1 aromatic heterocycles. The van der Waals surface area contributed by atoms with E-state index < -0.39 is 5.25 Å². The van der Waals surface area contributed by atoms with Crippen LogP contribution in [0, 0.1) is 0 Å². The van der Waals surface area contributed by atoms with Gasteiger partial charge in [0, 0.05) is 17.3 Å². The number of thioether (sulfide) groups is 1. The van der Waals surface area contributed by atoms with Crippen LogP contribution in [-0.4, -0.2) is 41.4 Å². The second-order valence-corrected chi connectivity index (χ2v) is 7.84. The first-order valence-corrected chi connectivity index (χ1v) is 10.1. The Morgan fingerprint density at radius 1 is 0.967 bits per heavy atom. The monoisotopic (exact) mass is 427 g/mol. The van der Waals surface area contributed by atoms with Crippen LogP contribution in [-0.2, 0) is 4.79 Å². The Kier molecular flexibility index (Phi) is 4.83. The summed E-state index contributed by atoms with van der Waals surface area (Å²) in [5.41, 5.74) is 1.34. The van der Waals surface area contributed by atoms with Gasteiger partial charge in [-0.25, -0.2) is 0 Å². The van der Waals surface area contributed by atoms with E-state index in [2.05, 4.69) is 15.5 Å². The Morgan fingerprint density at radius 2 is 1.70 bits per heavy atom. The van der Waals surface area contributed by atoms with Crippen LogP contribution in [0.1, 0.15) is 6.92 Å². The molecule has 9 nitrogen and oxygen atoms in total. The van der Waals surface area contributed by atoms with Gasteiger partial charge in [-0.1, -0.05) is 11.8 Å². The lowest BCUT2D eigenvalue weighted by molar-refractivity contribution is -0.115. The van der Waals surface area contributed by atoms with Crippen molar-refractivity contribution in [2.24, 2.45) is 0 Å². The Bertz CT molecular complexity index is 1100. The molecule has 0 bridgehead atoms. The van der Waals surface area contributed by atoms with E-state index in [1.165, 1.54) is 11.8 Å². The Labute approximate surface area is 175 Å². The molecule has 5 rings (SSSR count). The molecule has 0 aliphatic carbocycles. The lowest BCUT2D eigenvalue weighted by Gasteiger charge is -2.19. The number of anilines is 1. The summed E-state index contributed by atoms with van der Waals surface area (Å²) in [6, 6.07) is 10.7. The fourth-order valence-corrected chi connectivity index (χ4v) is 3.66. The van der Waals surface area contributed by atoms with Crippen LogP contribution in [0.25, 0.3) is 11.5 Å². The second-order valence-electron chi connectivity index (χ2n) is 6.55. The van der Waals surface area contributed by atoms with Gasteiger partial charge < -0.3 is 28.7 Å². The number of benzene rings is 2. The SMILES string of the molecule is C[C@H](Sc1nnc(-c2ccc3c(c2)OCO3)o1)C(=O)Nc1ccc2c(c1)OCCO2. The molecule has 0 fully saturated rings. The standard InChI is InChI=1S/C20H17N3O6S/c1-11(18(24)21-13-3-5-14-17(9-13)26-7-6-25-14)30-20-23-22-19(29-20)12-2-4-15-16(8-12)28-10-27-15/h2-5,8-9,11H,6-7,10H2,1H3,(H,21,24)/t11-/m0/s1. The fraction of sp³-hybridized carbons (Fsp3) is 0.250. The number of rotatable bonds is 5. The normalized spacial score (nSPS) is 15.0. The third-order valence-corrected chi connectivity index (χ3v) is 5.42. The van der Waals surface area contributed by atoms with Crippen LogP contribution in [0.15, 0.2) is 46.0 Å². The number of carbonyl (C=O) groups is 1. The summed E-state index contributed by atoms with van der Waals surface area (Å²) in [6.07, 6.45) is 0. The van der Waals surface area contributed by atoms with Crippen LogP contribution in [0.5, 0.6) is 23.0 Å². The minimum absolute atomic E-state index is 0.194. The van der Waals surface area contributed by atoms with Gasteiger partial charge in [0.2, 0.25) is 18.6 Å². The topological polar surface area (TPSA) is 105 Å². The lowest BCUT2D eigenvalue weighted by atomic mass is 10.2. The number of hydrogen-bond acceptors (Lipinski definition) is 9. The molecular weight excluding hydrogens is 410 g/mol. The number of amides is 1. The molecule has 0 saturated heterocycles. The summed E-state index contributed by atoms with van der Waals surface area (Å²) in [5.74, 6) is 2.74. The number of nitrogens with one attached hydrogen (secondary N) is 1. The van der Waals surface area contributed by atoms with Gasteiger partial charge in [-0.05, 0) is 37.3 Å². The maximum absolute atomic E-state index is 12.6. The van der Waals surface area contributed by atoms with Crippen LogP contribution >= 0.6 is 11.8 Å². The summed E-state index contributed by atoms with van der Waals surface area (Å²) in [7, 11) is 0. The average Bonchev–Trinajstić information content (AvgIpc) is 3.42. The molecule has 154 valence electrons. The highest BCUT2D eigenvalue weighted by Gasteiger charge is 2.21. The first-order chi connectivity index (χ1) is 14.7. The fourth-order valence-electron chi connectivity index (χ4n) is 2.97. The molecule has 3 aromatic rings. The number of fused-ring (bicyclic) bond motifs is 2. The van der Waals surface area contributed by atoms with Gasteiger partial charge in [-0.2, -0.15) is 0 Å². The Balaban J connectivity index is 1.23. The number of hydrogen-bond donors (Lipinski definition) is 1. The molecule has 1 atom stereocenters. The van der Waals surface area contributed by atoms with Gasteiger partial charge in [-0.15, -0.1) is 10.2 Å². The van der Waals surface area contributed by atoms with Gasteiger partial charge in [0.1, 0.15) is 13.2 Å². The zero-order chi connectivity index (χ0) is 20.5. The maximum atomic E-state index is 12.6. The zero-order valence-electron chi connectivity index (χ0n) is 15.9. The van der Waals surface area contributed by atoms with Crippen molar-refractivity contribution >= 4 is 23.4 Å². The van der Waals surface area contributed by atoms with Crippen LogP contribution in [0.2, 0.25) is 0 Å². The summed E-state index contributed by atoms with van der Waals surface area (Å²) in [4.78, 5) is 12.6. The second kappa shape index (κ2) is 7.79. The van der Waals surface area contributed by atoms with E-state index in [4.69, 9.17) is 23.4 Å². The number of ether oxygens (including phenoxy) is 4. The number of nitrogens with zero attached hydrogens (tertiary/aromatic N) is 2. The molecule has 0 saturated carbocycles. The highest BCUT2D eigenvalue weighted by molar-refractivity contribution is 8.00. The smallest absolute Gasteiger partial charge is 0.277 e. The van der Waals surface area contributed by atoms with Crippen molar-refractivity contribution in [3.63, 3.8) is 0 Å². The van der Waals surface area contributed by atoms with Gasteiger partial charge in [0.15, 0.2) is 23.0 Å². The largest absolute Gasteiger partial charge is 0.486 e. The maximum Gasteiger partial charge on any atom is 0.277 e. The predicted molar refractivity (Wildman–Crippen MR) is 107 cm³/mol. The number of aromatic nitrogens is 2. The molecule has 1 amide bonds. The van der Waals surface area contributed by atoms with Crippen LogP contribution in [0.4, 0.5) is 5.69 Å². The van der Waals surface area contributed by atoms with Crippen LogP contribution in [0.3, 0.4) is 0 Å². The van der Waals surface area contributed by atoms with E-state index in [-0.39, 0.29) is 12.7 Å². The predicted octanol–water partition coefficient (Wildman–Crippen LogP) is 3.36. The van der Waals surface area contributed by atoms with Gasteiger partial charge in [0.25, 0.3) is 5.22 Å². The van der Waals surface area contributed by atoms with Crippen molar-refractivity contribution in [2.75, 3.05) is 25.3 Å². The third-order valence-electron chi connectivity index (χ3n) is 4.48. The van der Waals surface area contributed by atoms with Gasteiger partial charge in [-0.3, -0.25) is 4.79 Å². The molecule has 2 aliphatic heterocycles. The van der Waals surface area contributed by atoms with E-state index in [1.807, 2.05) is 6.07 Å². The molecule has 30 heavy (non-hydrogen) atoms. The van der Waals surface area contributed by atoms with Crippen molar-refractivity contribution in [1.29, 1.82) is 0 Å². The molecule has 2 aromatic carbocycles. The molecule has 2 aliphatic rings. The molecular formula is C20H17N3O6S. The summed E-state index contributed by atoms with van der Waals surface area (Å²) in [6.45, 7) is 2.96. The molecule has 0 spiro atoms. The third kappa shape index (κ3) is 3.73. The van der Waals surface area contributed by atoms with Crippen molar-refractivity contribution in [3.05, 3.63) is 36.4 Å². The average molecular weight is 427 g/mol. The van der Waals surface area contributed by atoms with Crippen molar-refractivity contribution in [2.45, 2.75) is 17.4 Å². The van der Waals surface area contributed by atoms with Gasteiger partial charge >= 0.3 is 0 Å².